The molecular weight excluding hydrogens is 714 g/mol. The van der Waals surface area contributed by atoms with Gasteiger partial charge in [-0.3, -0.25) is 19.5 Å². The first kappa shape index (κ1) is 33.1. The highest BCUT2D eigenvalue weighted by molar-refractivity contribution is 9.10. The van der Waals surface area contributed by atoms with E-state index in [9.17, 15) is 19.7 Å². The second-order valence-electron chi connectivity index (χ2n) is 10.6. The number of fused-ring (bicyclic) bond motifs is 1. The summed E-state index contributed by atoms with van der Waals surface area (Å²) < 4.78 is 14.4. The number of carbonyl (C=O) groups excluding carboxylic acids is 1. The van der Waals surface area contributed by atoms with Crippen molar-refractivity contribution in [3.8, 4) is 5.75 Å². The lowest BCUT2D eigenvalue weighted by atomic mass is 9.93. The zero-order valence-electron chi connectivity index (χ0n) is 25.8. The Morgan fingerprint density at radius 3 is 2.46 bits per heavy atom. The highest BCUT2D eigenvalue weighted by Gasteiger charge is 2.35. The minimum atomic E-state index is -0.783. The van der Waals surface area contributed by atoms with Gasteiger partial charge in [0, 0.05) is 32.6 Å². The van der Waals surface area contributed by atoms with Gasteiger partial charge in [-0.05, 0) is 72.8 Å². The SMILES string of the molecule is CCOC(=O)C1=C(c2ccccc2)N=c2s/c(=C\c3cc(Br)ccc3OCc3ccc([N+](=O)[O-])cc3)c(=O)n2[C@H]1c1ccc(SC)cc1. The number of nitro benzene ring substituents is 1. The number of aromatic nitrogens is 1. The lowest BCUT2D eigenvalue weighted by Gasteiger charge is -2.26. The van der Waals surface area contributed by atoms with Crippen LogP contribution in [0.25, 0.3) is 11.8 Å². The van der Waals surface area contributed by atoms with Gasteiger partial charge in [-0.15, -0.1) is 11.8 Å². The second-order valence-corrected chi connectivity index (χ2v) is 13.4. The topological polar surface area (TPSA) is 113 Å². The van der Waals surface area contributed by atoms with Gasteiger partial charge in [-0.2, -0.15) is 0 Å². The van der Waals surface area contributed by atoms with Crippen molar-refractivity contribution in [1.82, 2.24) is 4.57 Å². The number of hydrogen-bond acceptors (Lipinski definition) is 9. The number of benzene rings is 4. The summed E-state index contributed by atoms with van der Waals surface area (Å²) in [5.41, 5.74) is 3.31. The van der Waals surface area contributed by atoms with Crippen LogP contribution in [0.15, 0.2) is 122 Å². The van der Waals surface area contributed by atoms with Crippen LogP contribution in [0.1, 0.15) is 35.2 Å². The maximum atomic E-state index is 14.4. The Labute approximate surface area is 292 Å². The van der Waals surface area contributed by atoms with Gasteiger partial charge >= 0.3 is 5.97 Å². The Morgan fingerprint density at radius 2 is 1.79 bits per heavy atom. The predicted molar refractivity (Wildman–Crippen MR) is 191 cm³/mol. The van der Waals surface area contributed by atoms with Crippen LogP contribution in [0.4, 0.5) is 5.69 Å². The van der Waals surface area contributed by atoms with Gasteiger partial charge in [0.25, 0.3) is 11.2 Å². The Morgan fingerprint density at radius 1 is 1.06 bits per heavy atom. The molecule has 4 aromatic carbocycles. The van der Waals surface area contributed by atoms with Gasteiger partial charge < -0.3 is 9.47 Å². The number of carbonyl (C=O) groups is 1. The molecular formula is C36H28BrN3O6S2. The molecule has 1 aliphatic heterocycles. The summed E-state index contributed by atoms with van der Waals surface area (Å²) in [6.07, 6.45) is 3.74. The highest BCUT2D eigenvalue weighted by Crippen LogP contribution is 2.36. The number of thiazole rings is 1. The summed E-state index contributed by atoms with van der Waals surface area (Å²) in [6, 6.07) is 28.1. The number of rotatable bonds is 10. The Hall–Kier alpha value is -4.78. The molecule has 0 saturated carbocycles. The standard InChI is InChI=1S/C36H28BrN3O6S2/c1-3-45-35(42)31-32(23-7-5-4-6-8-23)38-36-39(33(31)24-11-16-28(47-2)17-12-24)34(41)30(48-36)20-25-19-26(37)13-18-29(25)46-21-22-9-14-27(15-10-22)40(43)44/h4-20,33H,3,21H2,1-2H3/b30-20-/t33-/m0/s1. The first-order valence-corrected chi connectivity index (χ1v) is 17.7. The molecule has 0 aliphatic carbocycles. The summed E-state index contributed by atoms with van der Waals surface area (Å²) >= 11 is 6.36. The van der Waals surface area contributed by atoms with E-state index >= 15 is 0 Å². The number of halogens is 1. The van der Waals surface area contributed by atoms with E-state index in [2.05, 4.69) is 15.9 Å². The smallest absolute Gasteiger partial charge is 0.338 e. The molecule has 5 aromatic rings. The molecule has 9 nitrogen and oxygen atoms in total. The molecule has 0 fully saturated rings. The van der Waals surface area contributed by atoms with Crippen LogP contribution in [0, 0.1) is 10.1 Å². The Balaban J connectivity index is 1.50. The second kappa shape index (κ2) is 14.5. The molecule has 1 aliphatic rings. The zero-order valence-corrected chi connectivity index (χ0v) is 29.0. The third kappa shape index (κ3) is 6.91. The molecule has 0 amide bonds. The molecule has 0 radical (unpaired) electrons. The Kier molecular flexibility index (Phi) is 10.0. The summed E-state index contributed by atoms with van der Waals surface area (Å²) in [4.78, 5) is 45.1. The van der Waals surface area contributed by atoms with Crippen molar-refractivity contribution in [2.24, 2.45) is 4.99 Å². The van der Waals surface area contributed by atoms with E-state index in [1.165, 1.54) is 23.5 Å². The fourth-order valence-corrected chi connectivity index (χ4v) is 7.10. The molecule has 6 rings (SSSR count). The van der Waals surface area contributed by atoms with E-state index in [1.807, 2.05) is 73.0 Å². The van der Waals surface area contributed by atoms with Crippen LogP contribution >= 0.6 is 39.0 Å². The molecule has 0 unspecified atom stereocenters. The van der Waals surface area contributed by atoms with Crippen molar-refractivity contribution in [2.45, 2.75) is 24.5 Å². The van der Waals surface area contributed by atoms with Crippen LogP contribution in [0.5, 0.6) is 5.75 Å². The third-order valence-electron chi connectivity index (χ3n) is 7.61. The van der Waals surface area contributed by atoms with E-state index < -0.39 is 16.9 Å². The van der Waals surface area contributed by atoms with Gasteiger partial charge in [0.2, 0.25) is 0 Å². The van der Waals surface area contributed by atoms with Gasteiger partial charge in [-0.1, -0.05) is 69.7 Å². The van der Waals surface area contributed by atoms with Crippen molar-refractivity contribution in [3.63, 3.8) is 0 Å². The third-order valence-corrected chi connectivity index (χ3v) is 9.82. The predicted octanol–water partition coefficient (Wildman–Crippen LogP) is 6.91. The largest absolute Gasteiger partial charge is 0.488 e. The normalized spacial score (nSPS) is 14.3. The molecule has 0 saturated heterocycles. The number of thioether (sulfide) groups is 1. The van der Waals surface area contributed by atoms with Crippen molar-refractivity contribution in [3.05, 3.63) is 159 Å². The molecule has 48 heavy (non-hydrogen) atoms. The van der Waals surface area contributed by atoms with Gasteiger partial charge in [0.15, 0.2) is 4.80 Å². The average Bonchev–Trinajstić information content (AvgIpc) is 3.41. The number of nitro groups is 1. The van der Waals surface area contributed by atoms with Crippen molar-refractivity contribution in [2.75, 3.05) is 12.9 Å². The molecule has 12 heteroatoms. The van der Waals surface area contributed by atoms with Gasteiger partial charge in [0.1, 0.15) is 12.4 Å². The van der Waals surface area contributed by atoms with Crippen LogP contribution in [0.3, 0.4) is 0 Å². The van der Waals surface area contributed by atoms with E-state index in [1.54, 1.807) is 47.5 Å². The molecule has 1 aromatic heterocycles. The molecule has 0 N–H and O–H groups in total. The summed E-state index contributed by atoms with van der Waals surface area (Å²) in [5, 5.41) is 11.0. The minimum Gasteiger partial charge on any atom is -0.488 e. The van der Waals surface area contributed by atoms with Gasteiger partial charge in [-0.25, -0.2) is 9.79 Å². The van der Waals surface area contributed by atoms with E-state index in [-0.39, 0.29) is 30.0 Å². The van der Waals surface area contributed by atoms with Crippen LogP contribution in [-0.2, 0) is 16.1 Å². The fraction of sp³-hybridized carbons (Fsp3) is 0.139. The van der Waals surface area contributed by atoms with E-state index in [0.717, 1.165) is 26.1 Å². The minimum absolute atomic E-state index is 0.00140. The van der Waals surface area contributed by atoms with Crippen LogP contribution in [-0.4, -0.2) is 28.3 Å². The molecule has 0 spiro atoms. The van der Waals surface area contributed by atoms with E-state index in [4.69, 9.17) is 14.5 Å². The van der Waals surface area contributed by atoms with E-state index in [0.29, 0.717) is 26.3 Å². The summed E-state index contributed by atoms with van der Waals surface area (Å²) in [7, 11) is 0. The van der Waals surface area contributed by atoms with Crippen molar-refractivity contribution in [1.29, 1.82) is 0 Å². The lowest BCUT2D eigenvalue weighted by Crippen LogP contribution is -2.40. The van der Waals surface area contributed by atoms with Crippen molar-refractivity contribution < 1.29 is 19.2 Å². The van der Waals surface area contributed by atoms with Crippen LogP contribution < -0.4 is 19.6 Å². The number of non-ortho nitro benzene ring substituents is 1. The fourth-order valence-electron chi connectivity index (χ4n) is 5.32. The van der Waals surface area contributed by atoms with Gasteiger partial charge in [0.05, 0.1) is 33.4 Å². The maximum Gasteiger partial charge on any atom is 0.338 e. The number of nitrogens with zero attached hydrogens (tertiary/aromatic N) is 3. The number of hydrogen-bond donors (Lipinski definition) is 0. The summed E-state index contributed by atoms with van der Waals surface area (Å²) in [5.74, 6) is -0.0222. The molecule has 242 valence electrons. The molecule has 0 bridgehead atoms. The Bertz CT molecular complexity index is 2210. The molecule has 2 heterocycles. The highest BCUT2D eigenvalue weighted by atomic mass is 79.9. The maximum absolute atomic E-state index is 14.4. The number of esters is 1. The van der Waals surface area contributed by atoms with Crippen LogP contribution in [0.2, 0.25) is 0 Å². The monoisotopic (exact) mass is 741 g/mol. The lowest BCUT2D eigenvalue weighted by molar-refractivity contribution is -0.384. The average molecular weight is 743 g/mol. The zero-order chi connectivity index (χ0) is 33.8. The summed E-state index contributed by atoms with van der Waals surface area (Å²) in [6.45, 7) is 2.08. The first-order valence-electron chi connectivity index (χ1n) is 14.9. The first-order chi connectivity index (χ1) is 23.3. The number of ether oxygens (including phenoxy) is 2. The quantitative estimate of drug-likeness (QED) is 0.0662. The van der Waals surface area contributed by atoms with Crippen molar-refractivity contribution >= 4 is 62.5 Å². The molecule has 1 atom stereocenters.